The van der Waals surface area contributed by atoms with Gasteiger partial charge in [-0.25, -0.2) is 4.79 Å². The van der Waals surface area contributed by atoms with Crippen LogP contribution in [0.1, 0.15) is 27.7 Å². The van der Waals surface area contributed by atoms with Crippen molar-refractivity contribution in [2.24, 2.45) is 0 Å². The van der Waals surface area contributed by atoms with E-state index in [1.807, 2.05) is 0 Å². The number of aryl methyl sites for hydroxylation is 1. The second-order valence-corrected chi connectivity index (χ2v) is 5.92. The van der Waals surface area contributed by atoms with E-state index in [0.717, 1.165) is 5.69 Å². The first-order valence-electron chi connectivity index (χ1n) is 8.07. The number of benzene rings is 2. The molecule has 0 saturated heterocycles. The molecule has 1 heterocycles. The second kappa shape index (κ2) is 7.28. The predicted molar refractivity (Wildman–Crippen MR) is 96.5 cm³/mol. The first-order chi connectivity index (χ1) is 12.5. The van der Waals surface area contributed by atoms with E-state index in [1.165, 1.54) is 16.7 Å². The number of imidazole rings is 1. The van der Waals surface area contributed by atoms with E-state index >= 15 is 0 Å². The fourth-order valence-electron chi connectivity index (χ4n) is 2.76. The molecule has 0 saturated carbocycles. The van der Waals surface area contributed by atoms with Gasteiger partial charge in [-0.3, -0.25) is 9.36 Å². The molecule has 7 heteroatoms. The van der Waals surface area contributed by atoms with Crippen LogP contribution in [0.5, 0.6) is 5.75 Å². The van der Waals surface area contributed by atoms with Gasteiger partial charge >= 0.3 is 5.69 Å². The molecule has 0 aliphatic heterocycles. The summed E-state index contributed by atoms with van der Waals surface area (Å²) in [5.41, 5.74) is 2.16. The molecule has 1 amide bonds. The van der Waals surface area contributed by atoms with Gasteiger partial charge in [0.05, 0.1) is 18.3 Å². The van der Waals surface area contributed by atoms with Crippen molar-refractivity contribution in [2.75, 3.05) is 6.61 Å². The van der Waals surface area contributed by atoms with Crippen LogP contribution in [0.15, 0.2) is 59.5 Å². The Morgan fingerprint density at radius 3 is 2.54 bits per heavy atom. The number of carbonyl (C=O) groups is 1. The molecule has 26 heavy (non-hydrogen) atoms. The van der Waals surface area contributed by atoms with Crippen molar-refractivity contribution in [1.29, 1.82) is 0 Å². The zero-order valence-corrected chi connectivity index (χ0v) is 14.1. The molecule has 2 aromatic carbocycles. The second-order valence-electron chi connectivity index (χ2n) is 5.92. The van der Waals surface area contributed by atoms with E-state index < -0.39 is 6.04 Å². The van der Waals surface area contributed by atoms with Gasteiger partial charge in [-0.1, -0.05) is 12.1 Å². The number of aliphatic hydroxyl groups excluding tert-OH is 1. The van der Waals surface area contributed by atoms with Crippen molar-refractivity contribution >= 4 is 5.91 Å². The van der Waals surface area contributed by atoms with Gasteiger partial charge in [-0.2, -0.15) is 0 Å². The van der Waals surface area contributed by atoms with Crippen LogP contribution in [0.2, 0.25) is 0 Å². The van der Waals surface area contributed by atoms with Crippen molar-refractivity contribution in [2.45, 2.75) is 13.0 Å². The number of rotatable bonds is 5. The summed E-state index contributed by atoms with van der Waals surface area (Å²) in [4.78, 5) is 26.9. The lowest BCUT2D eigenvalue weighted by atomic mass is 10.1. The number of nitrogens with one attached hydrogen (secondary N) is 2. The Kier molecular flexibility index (Phi) is 4.90. The zero-order chi connectivity index (χ0) is 18.7. The lowest BCUT2D eigenvalue weighted by molar-refractivity contribution is 0.0916. The molecule has 0 aliphatic carbocycles. The maximum absolute atomic E-state index is 12.4. The molecule has 3 aromatic rings. The number of phenols is 1. The number of carbonyl (C=O) groups excluding carboxylic acids is 1. The molecule has 134 valence electrons. The molecule has 0 fully saturated rings. The van der Waals surface area contributed by atoms with E-state index in [2.05, 4.69) is 10.3 Å². The minimum atomic E-state index is -0.635. The molecule has 7 nitrogen and oxygen atoms in total. The number of phenolic OH excluding ortho intramolecular Hbond substituents is 1. The number of aromatic hydroxyl groups is 1. The van der Waals surface area contributed by atoms with Crippen molar-refractivity contribution in [3.05, 3.63) is 82.0 Å². The van der Waals surface area contributed by atoms with Crippen LogP contribution in [0.3, 0.4) is 0 Å². The van der Waals surface area contributed by atoms with Crippen molar-refractivity contribution in [3.63, 3.8) is 0 Å². The Morgan fingerprint density at radius 2 is 1.96 bits per heavy atom. The summed E-state index contributed by atoms with van der Waals surface area (Å²) in [5, 5.41) is 21.8. The number of aliphatic hydroxyl groups is 1. The molecule has 0 spiro atoms. The number of nitrogens with zero attached hydrogens (tertiary/aromatic N) is 1. The SMILES string of the molecule is Cc1c[nH]c(=O)n1-c1ccc(C(=O)NC(CO)c2cccc(O)c2)cc1. The smallest absolute Gasteiger partial charge is 0.330 e. The van der Waals surface area contributed by atoms with Gasteiger partial charge in [-0.15, -0.1) is 0 Å². The summed E-state index contributed by atoms with van der Waals surface area (Å²) in [6.07, 6.45) is 1.62. The average molecular weight is 353 g/mol. The van der Waals surface area contributed by atoms with E-state index in [-0.39, 0.29) is 24.0 Å². The monoisotopic (exact) mass is 353 g/mol. The van der Waals surface area contributed by atoms with Gasteiger partial charge in [0, 0.05) is 17.5 Å². The van der Waals surface area contributed by atoms with Gasteiger partial charge in [0.2, 0.25) is 0 Å². The number of hydrogen-bond donors (Lipinski definition) is 4. The highest BCUT2D eigenvalue weighted by Gasteiger charge is 2.16. The standard InChI is InChI=1S/C19H19N3O4/c1-12-10-20-19(26)22(12)15-7-5-13(6-8-15)18(25)21-17(11-23)14-3-2-4-16(24)9-14/h2-10,17,23-24H,11H2,1H3,(H,20,26)(H,21,25). The Balaban J connectivity index is 1.78. The summed E-state index contributed by atoms with van der Waals surface area (Å²) in [6.45, 7) is 1.50. The molecule has 1 atom stereocenters. The summed E-state index contributed by atoms with van der Waals surface area (Å²) in [5.74, 6) is -0.302. The van der Waals surface area contributed by atoms with E-state index in [0.29, 0.717) is 16.8 Å². The first-order valence-corrected chi connectivity index (χ1v) is 8.07. The zero-order valence-electron chi connectivity index (χ0n) is 14.1. The number of amides is 1. The largest absolute Gasteiger partial charge is 0.508 e. The third-order valence-corrected chi connectivity index (χ3v) is 4.11. The summed E-state index contributed by atoms with van der Waals surface area (Å²) in [6, 6.07) is 12.3. The van der Waals surface area contributed by atoms with Gasteiger partial charge in [0.1, 0.15) is 5.75 Å². The minimum absolute atomic E-state index is 0.0619. The lowest BCUT2D eigenvalue weighted by Gasteiger charge is -2.17. The van der Waals surface area contributed by atoms with Crippen molar-refractivity contribution in [3.8, 4) is 11.4 Å². The Morgan fingerprint density at radius 1 is 1.23 bits per heavy atom. The topological polar surface area (TPSA) is 107 Å². The molecule has 0 radical (unpaired) electrons. The normalized spacial score (nSPS) is 11.9. The van der Waals surface area contributed by atoms with Gasteiger partial charge < -0.3 is 20.5 Å². The van der Waals surface area contributed by atoms with Crippen LogP contribution in [-0.2, 0) is 0 Å². The molecule has 3 rings (SSSR count). The molecular formula is C19H19N3O4. The molecular weight excluding hydrogens is 334 g/mol. The molecule has 1 aromatic heterocycles. The summed E-state index contributed by atoms with van der Waals surface area (Å²) >= 11 is 0. The molecule has 1 unspecified atom stereocenters. The minimum Gasteiger partial charge on any atom is -0.508 e. The van der Waals surface area contributed by atoms with Crippen molar-refractivity contribution < 1.29 is 15.0 Å². The lowest BCUT2D eigenvalue weighted by Crippen LogP contribution is -2.30. The highest BCUT2D eigenvalue weighted by molar-refractivity contribution is 5.94. The van der Waals surface area contributed by atoms with Crippen LogP contribution in [0.25, 0.3) is 5.69 Å². The van der Waals surface area contributed by atoms with E-state index in [9.17, 15) is 19.8 Å². The number of aromatic amines is 1. The maximum Gasteiger partial charge on any atom is 0.330 e. The number of H-pyrrole nitrogens is 1. The van der Waals surface area contributed by atoms with Crippen LogP contribution in [-0.4, -0.2) is 32.3 Å². The Labute approximate surface area is 149 Å². The maximum atomic E-state index is 12.4. The fraction of sp³-hybridized carbons (Fsp3) is 0.158. The average Bonchev–Trinajstić information content (AvgIpc) is 2.98. The fourth-order valence-corrected chi connectivity index (χ4v) is 2.76. The third-order valence-electron chi connectivity index (χ3n) is 4.11. The van der Waals surface area contributed by atoms with Crippen LogP contribution in [0.4, 0.5) is 0 Å². The predicted octanol–water partition coefficient (Wildman–Crippen LogP) is 1.64. The Hall–Kier alpha value is -3.32. The van der Waals surface area contributed by atoms with Crippen LogP contribution >= 0.6 is 0 Å². The van der Waals surface area contributed by atoms with Crippen LogP contribution in [0, 0.1) is 6.92 Å². The number of hydrogen-bond acceptors (Lipinski definition) is 4. The quantitative estimate of drug-likeness (QED) is 0.559. The number of aromatic nitrogens is 2. The van der Waals surface area contributed by atoms with Gasteiger partial charge in [0.15, 0.2) is 0 Å². The third kappa shape index (κ3) is 3.52. The Bertz CT molecular complexity index is 973. The van der Waals surface area contributed by atoms with E-state index in [4.69, 9.17) is 0 Å². The highest BCUT2D eigenvalue weighted by Crippen LogP contribution is 2.19. The van der Waals surface area contributed by atoms with Gasteiger partial charge in [0.25, 0.3) is 5.91 Å². The van der Waals surface area contributed by atoms with Crippen molar-refractivity contribution in [1.82, 2.24) is 14.9 Å². The van der Waals surface area contributed by atoms with Crippen LogP contribution < -0.4 is 11.0 Å². The highest BCUT2D eigenvalue weighted by atomic mass is 16.3. The van der Waals surface area contributed by atoms with Gasteiger partial charge in [-0.05, 0) is 48.9 Å². The molecule has 0 aliphatic rings. The molecule has 0 bridgehead atoms. The first kappa shape index (κ1) is 17.5. The van der Waals surface area contributed by atoms with E-state index in [1.54, 1.807) is 49.5 Å². The molecule has 4 N–H and O–H groups in total. The summed E-state index contributed by atoms with van der Waals surface area (Å²) in [7, 11) is 0. The summed E-state index contributed by atoms with van der Waals surface area (Å²) < 4.78 is 1.50.